The Morgan fingerprint density at radius 2 is 1.69 bits per heavy atom. The van der Waals surface area contributed by atoms with Crippen LogP contribution in [0.1, 0.15) is 5.56 Å². The first kappa shape index (κ1) is 9.22. The number of fused-ring (bicyclic) bond motifs is 1. The molecule has 0 radical (unpaired) electrons. The Morgan fingerprint density at radius 1 is 0.923 bits per heavy atom. The number of aryl methyl sites for hydroxylation is 1. The van der Waals surface area contributed by atoms with Crippen molar-refractivity contribution in [3.63, 3.8) is 0 Å². The first-order valence-corrected chi connectivity index (χ1v) is 5.62. The van der Waals surface area contributed by atoms with Crippen LogP contribution in [-0.4, -0.2) is 0 Å². The Bertz CT molecular complexity index is 461. The Balaban J connectivity index is 2.94. The zero-order valence-corrected chi connectivity index (χ0v) is 10.3. The molecule has 66 valence electrons. The molecule has 0 spiro atoms. The maximum Gasteiger partial charge on any atom is 0.0395 e. The summed E-state index contributed by atoms with van der Waals surface area (Å²) in [6, 6.07) is 10.5. The molecule has 0 atom stereocenters. The largest absolute Gasteiger partial charge is 0.0613 e. The number of rotatable bonds is 0. The molecule has 0 bridgehead atoms. The third-order valence-electron chi connectivity index (χ3n) is 2.17. The van der Waals surface area contributed by atoms with E-state index in [4.69, 9.17) is 0 Å². The van der Waals surface area contributed by atoms with Crippen molar-refractivity contribution in [1.29, 1.82) is 0 Å². The minimum absolute atomic E-state index is 1.10. The lowest BCUT2D eigenvalue weighted by Gasteiger charge is -2.05. The van der Waals surface area contributed by atoms with Crippen LogP contribution in [0.15, 0.2) is 39.3 Å². The Hall–Kier alpha value is -0.340. The van der Waals surface area contributed by atoms with E-state index in [1.165, 1.54) is 16.3 Å². The molecule has 0 aromatic heterocycles. The summed E-state index contributed by atoms with van der Waals surface area (Å²) in [5.41, 5.74) is 1.31. The van der Waals surface area contributed by atoms with Crippen LogP contribution in [0.4, 0.5) is 0 Å². The van der Waals surface area contributed by atoms with Crippen LogP contribution in [0.25, 0.3) is 10.8 Å². The molecule has 0 saturated carbocycles. The zero-order chi connectivity index (χ0) is 9.42. The van der Waals surface area contributed by atoms with E-state index in [0.29, 0.717) is 0 Å². The molecule has 0 aliphatic carbocycles. The Kier molecular flexibility index (Phi) is 2.43. The topological polar surface area (TPSA) is 0 Å². The molecule has 2 aromatic carbocycles. The van der Waals surface area contributed by atoms with Gasteiger partial charge in [0.15, 0.2) is 0 Å². The predicted octanol–water partition coefficient (Wildman–Crippen LogP) is 4.67. The fourth-order valence-corrected chi connectivity index (χ4v) is 2.28. The molecular weight excluding hydrogens is 292 g/mol. The maximum absolute atomic E-state index is 3.57. The van der Waals surface area contributed by atoms with Crippen LogP contribution in [0.2, 0.25) is 0 Å². The molecule has 2 aromatic rings. The highest BCUT2D eigenvalue weighted by molar-refractivity contribution is 9.13. The van der Waals surface area contributed by atoms with Gasteiger partial charge in [0.1, 0.15) is 0 Å². The second kappa shape index (κ2) is 3.43. The average molecular weight is 300 g/mol. The van der Waals surface area contributed by atoms with Gasteiger partial charge in [-0.25, -0.2) is 0 Å². The van der Waals surface area contributed by atoms with Gasteiger partial charge in [-0.05, 0) is 61.2 Å². The van der Waals surface area contributed by atoms with Crippen molar-refractivity contribution in [2.24, 2.45) is 0 Å². The number of benzene rings is 2. The predicted molar refractivity (Wildman–Crippen MR) is 64.1 cm³/mol. The molecule has 0 aliphatic heterocycles. The highest BCUT2D eigenvalue weighted by atomic mass is 79.9. The number of hydrogen-bond donors (Lipinski definition) is 0. The smallest absolute Gasteiger partial charge is 0.0395 e. The highest BCUT2D eigenvalue weighted by Crippen LogP contribution is 2.32. The third-order valence-corrected chi connectivity index (χ3v) is 4.21. The van der Waals surface area contributed by atoms with Crippen molar-refractivity contribution < 1.29 is 0 Å². The summed E-state index contributed by atoms with van der Waals surface area (Å²) in [6.45, 7) is 2.13. The average Bonchev–Trinajstić information content (AvgIpc) is 2.12. The van der Waals surface area contributed by atoms with Crippen molar-refractivity contribution in [3.05, 3.63) is 44.8 Å². The quantitative estimate of drug-likeness (QED) is 0.663. The van der Waals surface area contributed by atoms with E-state index < -0.39 is 0 Å². The highest BCUT2D eigenvalue weighted by Gasteiger charge is 2.03. The van der Waals surface area contributed by atoms with Crippen LogP contribution in [0.3, 0.4) is 0 Å². The van der Waals surface area contributed by atoms with Gasteiger partial charge in [0.2, 0.25) is 0 Å². The van der Waals surface area contributed by atoms with Gasteiger partial charge in [0, 0.05) is 8.95 Å². The SMILES string of the molecule is Cc1cccc2c(Br)c(Br)ccc12. The van der Waals surface area contributed by atoms with Crippen molar-refractivity contribution in [2.45, 2.75) is 6.92 Å². The molecule has 0 saturated heterocycles. The zero-order valence-electron chi connectivity index (χ0n) is 7.14. The molecule has 2 heteroatoms. The van der Waals surface area contributed by atoms with E-state index >= 15 is 0 Å². The Morgan fingerprint density at radius 3 is 2.46 bits per heavy atom. The third kappa shape index (κ3) is 1.53. The summed E-state index contributed by atoms with van der Waals surface area (Å²) in [5.74, 6) is 0. The number of hydrogen-bond acceptors (Lipinski definition) is 0. The lowest BCUT2D eigenvalue weighted by atomic mass is 10.1. The van der Waals surface area contributed by atoms with Gasteiger partial charge in [-0.3, -0.25) is 0 Å². The summed E-state index contributed by atoms with van der Waals surface area (Å²) in [7, 11) is 0. The molecular formula is C11H8Br2. The first-order valence-electron chi connectivity index (χ1n) is 4.03. The van der Waals surface area contributed by atoms with Crippen LogP contribution in [0, 0.1) is 6.92 Å². The van der Waals surface area contributed by atoms with E-state index in [0.717, 1.165) is 8.95 Å². The van der Waals surface area contributed by atoms with Crippen LogP contribution < -0.4 is 0 Å². The summed E-state index contributed by atoms with van der Waals surface area (Å²) < 4.78 is 2.24. The molecule has 0 heterocycles. The summed E-state index contributed by atoms with van der Waals surface area (Å²) in [6.07, 6.45) is 0. The minimum atomic E-state index is 1.10. The second-order valence-electron chi connectivity index (χ2n) is 3.03. The van der Waals surface area contributed by atoms with Crippen molar-refractivity contribution >= 4 is 42.6 Å². The van der Waals surface area contributed by atoms with Gasteiger partial charge < -0.3 is 0 Å². The van der Waals surface area contributed by atoms with Gasteiger partial charge in [-0.1, -0.05) is 24.3 Å². The lowest BCUT2D eigenvalue weighted by Crippen LogP contribution is -1.79. The second-order valence-corrected chi connectivity index (χ2v) is 4.68. The standard InChI is InChI=1S/C11H8Br2/c1-7-3-2-4-9-8(7)5-6-10(12)11(9)13/h2-6H,1H3. The summed E-state index contributed by atoms with van der Waals surface area (Å²) in [4.78, 5) is 0. The van der Waals surface area contributed by atoms with Crippen LogP contribution in [-0.2, 0) is 0 Å². The summed E-state index contributed by atoms with van der Waals surface area (Å²) >= 11 is 7.06. The molecule has 0 aliphatic rings. The minimum Gasteiger partial charge on any atom is -0.0613 e. The van der Waals surface area contributed by atoms with E-state index in [1.807, 2.05) is 0 Å². The monoisotopic (exact) mass is 298 g/mol. The normalized spacial score (nSPS) is 10.7. The molecule has 0 N–H and O–H groups in total. The van der Waals surface area contributed by atoms with E-state index in [1.54, 1.807) is 0 Å². The van der Waals surface area contributed by atoms with E-state index in [9.17, 15) is 0 Å². The van der Waals surface area contributed by atoms with E-state index in [-0.39, 0.29) is 0 Å². The lowest BCUT2D eigenvalue weighted by molar-refractivity contribution is 1.52. The molecule has 0 nitrogen and oxygen atoms in total. The van der Waals surface area contributed by atoms with Crippen molar-refractivity contribution in [3.8, 4) is 0 Å². The van der Waals surface area contributed by atoms with E-state index in [2.05, 4.69) is 69.1 Å². The molecule has 13 heavy (non-hydrogen) atoms. The van der Waals surface area contributed by atoms with Gasteiger partial charge in [0.05, 0.1) is 0 Å². The fourth-order valence-electron chi connectivity index (χ4n) is 1.45. The number of halogens is 2. The fraction of sp³-hybridized carbons (Fsp3) is 0.0909. The Labute approximate surface area is 94.2 Å². The van der Waals surface area contributed by atoms with Crippen molar-refractivity contribution in [2.75, 3.05) is 0 Å². The van der Waals surface area contributed by atoms with Gasteiger partial charge in [-0.15, -0.1) is 0 Å². The van der Waals surface area contributed by atoms with Crippen LogP contribution >= 0.6 is 31.9 Å². The van der Waals surface area contributed by atoms with Gasteiger partial charge in [0.25, 0.3) is 0 Å². The molecule has 0 fully saturated rings. The molecule has 2 rings (SSSR count). The van der Waals surface area contributed by atoms with Crippen LogP contribution in [0.5, 0.6) is 0 Å². The molecule has 0 amide bonds. The first-order chi connectivity index (χ1) is 6.20. The maximum atomic E-state index is 3.57. The summed E-state index contributed by atoms with van der Waals surface area (Å²) in [5, 5.41) is 2.56. The van der Waals surface area contributed by atoms with Crippen molar-refractivity contribution in [1.82, 2.24) is 0 Å². The van der Waals surface area contributed by atoms with Gasteiger partial charge >= 0.3 is 0 Å². The van der Waals surface area contributed by atoms with Gasteiger partial charge in [-0.2, -0.15) is 0 Å². The molecule has 0 unspecified atom stereocenters.